The zero-order chi connectivity index (χ0) is 60.7. The average Bonchev–Trinajstić information content (AvgIpc) is 2.86. The van der Waals surface area contributed by atoms with Gasteiger partial charge in [-0.05, 0) is 376 Å². The summed E-state index contributed by atoms with van der Waals surface area (Å²) in [7, 11) is 0. The number of terminal acetylenes is 3. The second-order valence-corrected chi connectivity index (χ2v) is 20.6. The predicted molar refractivity (Wildman–Crippen MR) is 355 cm³/mol. The molecule has 0 saturated heterocycles. The van der Waals surface area contributed by atoms with Gasteiger partial charge in [0.1, 0.15) is 0 Å². The highest BCUT2D eigenvalue weighted by atomic mass is 14.3. The van der Waals surface area contributed by atoms with E-state index in [4.69, 9.17) is 19.3 Å². The molecule has 0 aliphatic heterocycles. The van der Waals surface area contributed by atoms with E-state index in [1.165, 1.54) is 88.5 Å². The maximum atomic E-state index is 6.04. The van der Waals surface area contributed by atoms with E-state index in [0.29, 0.717) is 33.2 Å². The summed E-state index contributed by atoms with van der Waals surface area (Å²) < 4.78 is 0. The van der Waals surface area contributed by atoms with Gasteiger partial charge in [-0.3, -0.25) is 0 Å². The molecule has 0 N–H and O–H groups in total. The van der Waals surface area contributed by atoms with Crippen LogP contribution in [0.3, 0.4) is 0 Å². The molecule has 7 rings (SSSR count). The van der Waals surface area contributed by atoms with Crippen molar-refractivity contribution in [2.45, 2.75) is 132 Å². The van der Waals surface area contributed by atoms with Crippen LogP contribution in [0.5, 0.6) is 0 Å². The van der Waals surface area contributed by atoms with E-state index in [0.717, 1.165) is 66.1 Å². The fraction of sp³-hybridized carbons (Fsp3) is 0.229. The molecule has 0 heteroatoms. The van der Waals surface area contributed by atoms with Crippen LogP contribution < -0.4 is 0 Å². The number of aryl methyl sites for hydroxylation is 6. The van der Waals surface area contributed by atoms with Crippen LogP contribution in [0.15, 0.2) is 0 Å². The number of hydrogen-bond donors (Lipinski definition) is 0. The lowest BCUT2D eigenvalue weighted by molar-refractivity contribution is 1.18. The van der Waals surface area contributed by atoms with Crippen molar-refractivity contribution in [3.8, 4) is 201 Å². The molecule has 0 aromatic heterocycles. The Bertz CT molecular complexity index is 5150. The largest absolute Gasteiger partial charge is 0.106 e. The van der Waals surface area contributed by atoms with Gasteiger partial charge in [0.15, 0.2) is 0 Å². The summed E-state index contributed by atoms with van der Waals surface area (Å²) in [5, 5.41) is 7.97. The molecule has 0 saturated carbocycles. The van der Waals surface area contributed by atoms with Gasteiger partial charge in [-0.1, -0.05) is 47.4 Å². The first-order valence-electron chi connectivity index (χ1n) is 27.1. The van der Waals surface area contributed by atoms with Crippen molar-refractivity contribution in [1.29, 1.82) is 0 Å². The van der Waals surface area contributed by atoms with E-state index in [1.54, 1.807) is 13.8 Å². The summed E-state index contributed by atoms with van der Waals surface area (Å²) in [6, 6.07) is 0. The highest BCUT2D eigenvalue weighted by molar-refractivity contribution is 6.28. The lowest BCUT2D eigenvalue weighted by Gasteiger charge is -2.30. The first-order valence-corrected chi connectivity index (χ1v) is 27.1. The third-order valence-corrected chi connectivity index (χ3v) is 16.9. The van der Waals surface area contributed by atoms with Crippen LogP contribution in [0.4, 0.5) is 0 Å². The van der Waals surface area contributed by atoms with Crippen molar-refractivity contribution in [3.05, 3.63) is 122 Å². The van der Waals surface area contributed by atoms with Crippen LogP contribution in [0.2, 0.25) is 0 Å². The van der Waals surface area contributed by atoms with Gasteiger partial charge in [0.05, 0.1) is 22.3 Å². The quantitative estimate of drug-likeness (QED) is 0.0920. The van der Waals surface area contributed by atoms with Crippen LogP contribution in [0.25, 0.3) is 65.3 Å². The summed E-state index contributed by atoms with van der Waals surface area (Å²) in [5.41, 5.74) is 26.7. The minimum absolute atomic E-state index is 0.418. The Labute approximate surface area is 495 Å². The van der Waals surface area contributed by atoms with Crippen LogP contribution in [0, 0.1) is 290 Å². The Morgan fingerprint density at radius 3 is 1.02 bits per heavy atom. The van der Waals surface area contributed by atoms with Crippen LogP contribution in [0.1, 0.15) is 143 Å². The Kier molecular flexibility index (Phi) is 17.9. The molecule has 0 fully saturated rings. The number of benzene rings is 7. The second kappa shape index (κ2) is 25.0. The van der Waals surface area contributed by atoms with Crippen molar-refractivity contribution in [1.82, 2.24) is 0 Å². The minimum Gasteiger partial charge on any atom is -0.106 e. The molecule has 0 heterocycles. The summed E-state index contributed by atoms with van der Waals surface area (Å²) in [4.78, 5) is 0. The van der Waals surface area contributed by atoms with E-state index < -0.39 is 0 Å². The maximum absolute atomic E-state index is 6.04. The molecule has 0 amide bonds. The van der Waals surface area contributed by atoms with Crippen LogP contribution in [-0.2, 0) is 0 Å². The third-order valence-electron chi connectivity index (χ3n) is 16.9. The summed E-state index contributed by atoms with van der Waals surface area (Å²) >= 11 is 0. The van der Waals surface area contributed by atoms with Crippen LogP contribution in [-0.4, -0.2) is 0 Å². The SMILES string of the molecule is C#CC#CC#CC#Cc1c(C#CC#CC#CC)c(C#CC#CC#C)c(C#CC#CC)c2c1c(-c1c(C)c(C)c(C)c3c(-c4c(C)c(C)c(C)c(C)c4C)c4c(C)c(C)c(C)c(C)c4c(C)c13)c(C)c1c(C)c(C)c(C#CC)c(C#CC#C)c12. The molecule has 0 aliphatic carbocycles. The van der Waals surface area contributed by atoms with Gasteiger partial charge in [-0.2, -0.15) is 0 Å². The zero-order valence-electron chi connectivity index (χ0n) is 51.2. The molecule has 0 atom stereocenters. The maximum Gasteiger partial charge on any atom is 0.0588 e. The van der Waals surface area contributed by atoms with Crippen molar-refractivity contribution in [3.63, 3.8) is 0 Å². The lowest BCUT2D eigenvalue weighted by atomic mass is 9.72. The molecule has 0 bridgehead atoms. The summed E-state index contributed by atoms with van der Waals surface area (Å²) in [6.07, 6.45) is 17.2. The molecular weight excluding hydrogens is 997 g/mol. The molecule has 0 unspecified atom stereocenters. The van der Waals surface area contributed by atoms with E-state index in [2.05, 4.69) is 271 Å². The van der Waals surface area contributed by atoms with Gasteiger partial charge < -0.3 is 0 Å². The zero-order valence-corrected chi connectivity index (χ0v) is 51.2. The Hall–Kier alpha value is -11.0. The molecule has 0 aliphatic rings. The molecular formula is C83H60. The summed E-state index contributed by atoms with van der Waals surface area (Å²) in [5.74, 6) is 80.9. The third kappa shape index (κ3) is 10.2. The molecule has 0 radical (unpaired) electrons. The van der Waals surface area contributed by atoms with Gasteiger partial charge >= 0.3 is 0 Å². The van der Waals surface area contributed by atoms with E-state index in [1.807, 2.05) is 6.92 Å². The number of hydrogen-bond acceptors (Lipinski definition) is 0. The molecule has 392 valence electrons. The first-order chi connectivity index (χ1) is 39.8. The van der Waals surface area contributed by atoms with Crippen molar-refractivity contribution >= 4 is 43.1 Å². The van der Waals surface area contributed by atoms with E-state index in [-0.39, 0.29) is 0 Å². The van der Waals surface area contributed by atoms with Crippen LogP contribution >= 0.6 is 0 Å². The monoisotopic (exact) mass is 1060 g/mol. The van der Waals surface area contributed by atoms with E-state index >= 15 is 0 Å². The fourth-order valence-electron chi connectivity index (χ4n) is 12.0. The normalized spacial score (nSPS) is 9.40. The second-order valence-electron chi connectivity index (χ2n) is 20.6. The lowest BCUT2D eigenvalue weighted by Crippen LogP contribution is -2.08. The van der Waals surface area contributed by atoms with Gasteiger partial charge in [0.2, 0.25) is 0 Å². The Balaban J connectivity index is 2.13. The van der Waals surface area contributed by atoms with Crippen molar-refractivity contribution < 1.29 is 0 Å². The first kappa shape index (κ1) is 59.6. The van der Waals surface area contributed by atoms with Gasteiger partial charge in [0.25, 0.3) is 0 Å². The smallest absolute Gasteiger partial charge is 0.0588 e. The Morgan fingerprint density at radius 2 is 0.494 bits per heavy atom. The standard InChI is InChI=1S/C83H60/c1-23-29-34-37-39-43-49-70-67(47-42-38-35-30-24-2)68(46-41-36-31-25-3)71(48-40-32-26-4)82-80-69(45-33-27-5)66(44-28-6)56(13)63(20)74(80)65(22)79(81(70)82)76-61(18)55(12)62(19)77-78(76)64(21)73-59(16)53(10)54(11)60(17)75(73)83(77)72-57(14)51(8)50(7)52(9)58(72)15/h1,3,5H,2,4,6-22H3. The fourth-order valence-corrected chi connectivity index (χ4v) is 12.0. The molecule has 0 spiro atoms. The van der Waals surface area contributed by atoms with E-state index in [9.17, 15) is 0 Å². The van der Waals surface area contributed by atoms with Crippen molar-refractivity contribution in [2.24, 2.45) is 0 Å². The molecule has 83 heavy (non-hydrogen) atoms. The Morgan fingerprint density at radius 1 is 0.181 bits per heavy atom. The predicted octanol–water partition coefficient (Wildman–Crippen LogP) is 15.7. The topological polar surface area (TPSA) is 0 Å². The number of rotatable bonds is 2. The van der Waals surface area contributed by atoms with Gasteiger partial charge in [-0.15, -0.1) is 25.2 Å². The van der Waals surface area contributed by atoms with Crippen molar-refractivity contribution in [2.75, 3.05) is 0 Å². The average molecular weight is 1060 g/mol. The number of fused-ring (bicyclic) bond motifs is 5. The van der Waals surface area contributed by atoms with Gasteiger partial charge in [0, 0.05) is 27.3 Å². The minimum atomic E-state index is 0.418. The molecule has 0 nitrogen and oxygen atoms in total. The molecule has 7 aromatic carbocycles. The van der Waals surface area contributed by atoms with Gasteiger partial charge in [-0.25, -0.2) is 0 Å². The highest BCUT2D eigenvalue weighted by Crippen LogP contribution is 2.55. The molecule has 7 aromatic rings. The summed E-state index contributed by atoms with van der Waals surface area (Å²) in [6.45, 7) is 41.3. The highest BCUT2D eigenvalue weighted by Gasteiger charge is 2.32.